The highest BCUT2D eigenvalue weighted by Crippen LogP contribution is 2.40. The Bertz CT molecular complexity index is 1000. The number of nitrogens with zero attached hydrogens (tertiary/aromatic N) is 1. The first-order valence-corrected chi connectivity index (χ1v) is 8.84. The lowest BCUT2D eigenvalue weighted by Crippen LogP contribution is -2.39. The molecule has 6 heteroatoms. The topological polar surface area (TPSA) is 49.7 Å². The summed E-state index contributed by atoms with van der Waals surface area (Å²) in [6.07, 6.45) is 0. The molecule has 0 radical (unpaired) electrons. The first-order valence-electron chi connectivity index (χ1n) is 8.46. The molecule has 0 N–H and O–H groups in total. The molecule has 0 saturated carbocycles. The summed E-state index contributed by atoms with van der Waals surface area (Å²) in [5.41, 5.74) is 2.93. The molecule has 0 atom stereocenters. The molecule has 138 valence electrons. The van der Waals surface area contributed by atoms with Gasteiger partial charge in [0, 0.05) is 24.6 Å². The van der Waals surface area contributed by atoms with Crippen molar-refractivity contribution in [1.82, 2.24) is 4.57 Å². The molecule has 0 unspecified atom stereocenters. The van der Waals surface area contributed by atoms with Gasteiger partial charge in [-0.05, 0) is 60.2 Å². The van der Waals surface area contributed by atoms with Crippen LogP contribution in [0.4, 0.5) is 0 Å². The van der Waals surface area contributed by atoms with Gasteiger partial charge in [0.05, 0.1) is 12.8 Å². The largest absolute Gasteiger partial charge is 0.497 e. The molecule has 27 heavy (non-hydrogen) atoms. The highest BCUT2D eigenvalue weighted by atomic mass is 35.5. The van der Waals surface area contributed by atoms with E-state index in [4.69, 9.17) is 25.8 Å². The molecular formula is C21H18ClNO4. The molecule has 2 aromatic carbocycles. The monoisotopic (exact) mass is 383 g/mol. The first-order chi connectivity index (χ1) is 12.9. The number of methoxy groups -OCH3 is 1. The molecule has 2 heterocycles. The van der Waals surface area contributed by atoms with Gasteiger partial charge in [-0.25, -0.2) is 4.79 Å². The van der Waals surface area contributed by atoms with Gasteiger partial charge in [0.1, 0.15) is 11.3 Å². The minimum Gasteiger partial charge on any atom is -0.497 e. The van der Waals surface area contributed by atoms with Crippen molar-refractivity contribution in [3.05, 3.63) is 65.2 Å². The summed E-state index contributed by atoms with van der Waals surface area (Å²) in [5.74, 6) is -0.262. The van der Waals surface area contributed by atoms with Crippen molar-refractivity contribution in [3.63, 3.8) is 0 Å². The number of halogens is 1. The second kappa shape index (κ2) is 6.35. The maximum atomic E-state index is 12.5. The zero-order valence-electron chi connectivity index (χ0n) is 15.2. The lowest BCUT2D eigenvalue weighted by Gasteiger charge is -2.31. The fourth-order valence-electron chi connectivity index (χ4n) is 3.09. The molecule has 4 rings (SSSR count). The van der Waals surface area contributed by atoms with E-state index in [0.29, 0.717) is 16.5 Å². The maximum absolute atomic E-state index is 12.5. The number of hydrogen-bond acceptors (Lipinski definition) is 4. The van der Waals surface area contributed by atoms with E-state index in [0.717, 1.165) is 22.7 Å². The molecular weight excluding hydrogens is 366 g/mol. The third-order valence-electron chi connectivity index (χ3n) is 4.33. The summed E-state index contributed by atoms with van der Waals surface area (Å²) >= 11 is 6.05. The minimum absolute atomic E-state index is 0.384. The Morgan fingerprint density at radius 2 is 1.67 bits per heavy atom. The SMILES string of the molecule is COc1ccc(-c2cc3c(n2-c2ccc(Cl)cc2)OC(C)(C)OC3=O)cc1. The van der Waals surface area contributed by atoms with E-state index < -0.39 is 11.8 Å². The molecule has 1 aliphatic rings. The third kappa shape index (κ3) is 3.15. The van der Waals surface area contributed by atoms with Gasteiger partial charge >= 0.3 is 5.97 Å². The molecule has 1 aromatic heterocycles. The van der Waals surface area contributed by atoms with Crippen LogP contribution in [0.25, 0.3) is 16.9 Å². The quantitative estimate of drug-likeness (QED) is 0.591. The van der Waals surface area contributed by atoms with E-state index in [-0.39, 0.29) is 0 Å². The van der Waals surface area contributed by atoms with Gasteiger partial charge in [-0.2, -0.15) is 0 Å². The molecule has 0 spiro atoms. The summed E-state index contributed by atoms with van der Waals surface area (Å²) < 4.78 is 18.5. The lowest BCUT2D eigenvalue weighted by atomic mass is 10.1. The normalized spacial score (nSPS) is 14.9. The van der Waals surface area contributed by atoms with Gasteiger partial charge in [0.2, 0.25) is 5.88 Å². The zero-order chi connectivity index (χ0) is 19.2. The molecule has 0 bridgehead atoms. The first kappa shape index (κ1) is 17.5. The van der Waals surface area contributed by atoms with Gasteiger partial charge in [-0.15, -0.1) is 0 Å². The Kier molecular flexibility index (Phi) is 4.12. The van der Waals surface area contributed by atoms with Crippen LogP contribution in [0.5, 0.6) is 11.6 Å². The number of esters is 1. The smallest absolute Gasteiger partial charge is 0.346 e. The average molecular weight is 384 g/mol. The van der Waals surface area contributed by atoms with Gasteiger partial charge in [-0.3, -0.25) is 4.57 Å². The highest BCUT2D eigenvalue weighted by Gasteiger charge is 2.38. The predicted octanol–water partition coefficient (Wildman–Crippen LogP) is 5.09. The van der Waals surface area contributed by atoms with Crippen LogP contribution in [0.15, 0.2) is 54.6 Å². The van der Waals surface area contributed by atoms with Crippen LogP contribution in [-0.2, 0) is 4.74 Å². The fraction of sp³-hybridized carbons (Fsp3) is 0.190. The molecule has 5 nitrogen and oxygen atoms in total. The van der Waals surface area contributed by atoms with Crippen molar-refractivity contribution in [3.8, 4) is 28.6 Å². The number of carbonyl (C=O) groups is 1. The molecule has 1 aliphatic heterocycles. The van der Waals surface area contributed by atoms with Crippen LogP contribution in [0.3, 0.4) is 0 Å². The standard InChI is InChI=1S/C21H18ClNO4/c1-21(2)26-19-17(20(24)27-21)12-18(13-4-10-16(25-3)11-5-13)23(19)15-8-6-14(22)7-9-15/h4-12H,1-3H3. The molecule has 0 amide bonds. The summed E-state index contributed by atoms with van der Waals surface area (Å²) in [6.45, 7) is 3.42. The Morgan fingerprint density at radius 1 is 1.00 bits per heavy atom. The Morgan fingerprint density at radius 3 is 2.30 bits per heavy atom. The number of carbonyl (C=O) groups excluding carboxylic acids is 1. The number of hydrogen-bond donors (Lipinski definition) is 0. The van der Waals surface area contributed by atoms with Crippen molar-refractivity contribution < 1.29 is 19.0 Å². The van der Waals surface area contributed by atoms with Crippen LogP contribution in [0.1, 0.15) is 24.2 Å². The second-order valence-corrected chi connectivity index (χ2v) is 7.12. The number of aromatic nitrogens is 1. The van der Waals surface area contributed by atoms with E-state index in [9.17, 15) is 4.79 Å². The van der Waals surface area contributed by atoms with Crippen molar-refractivity contribution in [1.29, 1.82) is 0 Å². The van der Waals surface area contributed by atoms with E-state index in [2.05, 4.69) is 0 Å². The van der Waals surface area contributed by atoms with Crippen molar-refractivity contribution in [2.24, 2.45) is 0 Å². The summed E-state index contributed by atoms with van der Waals surface area (Å²) in [6, 6.07) is 16.8. The lowest BCUT2D eigenvalue weighted by molar-refractivity contribution is -0.130. The van der Waals surface area contributed by atoms with E-state index in [1.54, 1.807) is 39.2 Å². The Balaban J connectivity index is 1.95. The van der Waals surface area contributed by atoms with Crippen LogP contribution in [-0.4, -0.2) is 23.4 Å². The third-order valence-corrected chi connectivity index (χ3v) is 4.58. The van der Waals surface area contributed by atoms with Gasteiger partial charge < -0.3 is 14.2 Å². The van der Waals surface area contributed by atoms with Crippen molar-refractivity contribution >= 4 is 17.6 Å². The Hall–Kier alpha value is -2.92. The van der Waals surface area contributed by atoms with Crippen molar-refractivity contribution in [2.45, 2.75) is 19.6 Å². The summed E-state index contributed by atoms with van der Waals surface area (Å²) in [4.78, 5) is 12.5. The Labute approximate surface area is 162 Å². The second-order valence-electron chi connectivity index (χ2n) is 6.68. The van der Waals surface area contributed by atoms with E-state index >= 15 is 0 Å². The van der Waals surface area contributed by atoms with Gasteiger partial charge in [0.25, 0.3) is 5.79 Å². The summed E-state index contributed by atoms with van der Waals surface area (Å²) in [7, 11) is 1.62. The number of benzene rings is 2. The summed E-state index contributed by atoms with van der Waals surface area (Å²) in [5, 5.41) is 0.631. The number of ether oxygens (including phenoxy) is 3. The van der Waals surface area contributed by atoms with Gasteiger partial charge in [0.15, 0.2) is 0 Å². The number of cyclic esters (lactones) is 1. The van der Waals surface area contributed by atoms with Crippen LogP contribution in [0.2, 0.25) is 5.02 Å². The molecule has 0 aliphatic carbocycles. The predicted molar refractivity (Wildman–Crippen MR) is 103 cm³/mol. The minimum atomic E-state index is -1.05. The van der Waals surface area contributed by atoms with E-state index in [1.807, 2.05) is 41.0 Å². The number of fused-ring (bicyclic) bond motifs is 1. The average Bonchev–Trinajstić information content (AvgIpc) is 3.01. The number of rotatable bonds is 3. The van der Waals surface area contributed by atoms with Crippen LogP contribution >= 0.6 is 11.6 Å². The van der Waals surface area contributed by atoms with E-state index in [1.165, 1.54) is 0 Å². The molecule has 0 fully saturated rings. The molecule has 3 aromatic rings. The van der Waals surface area contributed by atoms with Crippen LogP contribution < -0.4 is 9.47 Å². The van der Waals surface area contributed by atoms with Gasteiger partial charge in [-0.1, -0.05) is 11.6 Å². The maximum Gasteiger partial charge on any atom is 0.346 e. The van der Waals surface area contributed by atoms with Crippen molar-refractivity contribution in [2.75, 3.05) is 7.11 Å². The fourth-order valence-corrected chi connectivity index (χ4v) is 3.22. The van der Waals surface area contributed by atoms with Crippen LogP contribution in [0, 0.1) is 0 Å². The highest BCUT2D eigenvalue weighted by molar-refractivity contribution is 6.30. The molecule has 0 saturated heterocycles. The zero-order valence-corrected chi connectivity index (χ0v) is 15.9.